The molecule has 0 aromatic carbocycles. The molecule has 1 aromatic heterocycles. The minimum absolute atomic E-state index is 0.164. The fraction of sp³-hybridized carbons (Fsp3) is 0.571. The molecule has 1 unspecified atom stereocenters. The maximum Gasteiger partial charge on any atom is 0.329 e. The van der Waals surface area contributed by atoms with Crippen LogP contribution in [-0.4, -0.2) is 17.1 Å². The van der Waals surface area contributed by atoms with Crippen molar-refractivity contribution in [3.05, 3.63) is 34.2 Å². The maximum absolute atomic E-state index is 12.0. The van der Waals surface area contributed by atoms with Crippen LogP contribution in [0.15, 0.2) is 23.0 Å². The Labute approximate surface area is 108 Å². The maximum atomic E-state index is 12.0. The van der Waals surface area contributed by atoms with Gasteiger partial charge in [-0.15, -0.1) is 0 Å². The third-order valence-corrected chi connectivity index (χ3v) is 2.72. The molecule has 0 spiro atoms. The van der Waals surface area contributed by atoms with E-state index >= 15 is 0 Å². The molecular weight excluding hydrogens is 230 g/mol. The first kappa shape index (κ1) is 14.5. The van der Waals surface area contributed by atoms with E-state index in [1.165, 1.54) is 10.6 Å². The van der Waals surface area contributed by atoms with E-state index in [-0.39, 0.29) is 11.5 Å². The number of rotatable bonds is 5. The number of carbonyl (C=O) groups is 1. The molecule has 0 fully saturated rings. The van der Waals surface area contributed by atoms with Crippen molar-refractivity contribution in [1.29, 1.82) is 0 Å². The lowest BCUT2D eigenvalue weighted by Crippen LogP contribution is -2.32. The number of pyridine rings is 1. The molecule has 0 aliphatic carbocycles. The van der Waals surface area contributed by atoms with Gasteiger partial charge >= 0.3 is 5.97 Å². The van der Waals surface area contributed by atoms with Gasteiger partial charge in [-0.1, -0.05) is 26.8 Å². The number of carbonyl (C=O) groups excluding carboxylic acids is 1. The van der Waals surface area contributed by atoms with Crippen molar-refractivity contribution in [1.82, 2.24) is 4.57 Å². The standard InChI is InChI=1S/C14H21NO3/c1-5-12(14(17)18-9-10(2)3)15-11(4)7-6-8-13(15)16/h6-8,10,12H,5,9H2,1-4H3. The molecule has 0 N–H and O–H groups in total. The summed E-state index contributed by atoms with van der Waals surface area (Å²) in [6, 6.07) is 4.45. The first-order valence-corrected chi connectivity index (χ1v) is 6.32. The predicted molar refractivity (Wildman–Crippen MR) is 70.6 cm³/mol. The van der Waals surface area contributed by atoms with Crippen LogP contribution in [0.25, 0.3) is 0 Å². The van der Waals surface area contributed by atoms with Crippen LogP contribution in [0.5, 0.6) is 0 Å². The van der Waals surface area contributed by atoms with E-state index in [0.717, 1.165) is 5.69 Å². The zero-order valence-corrected chi connectivity index (χ0v) is 11.5. The number of ether oxygens (including phenoxy) is 1. The molecule has 0 saturated carbocycles. The third-order valence-electron chi connectivity index (χ3n) is 2.72. The van der Waals surface area contributed by atoms with Gasteiger partial charge in [-0.2, -0.15) is 0 Å². The summed E-state index contributed by atoms with van der Waals surface area (Å²) in [5, 5.41) is 0. The number of hydrogen-bond acceptors (Lipinski definition) is 3. The molecule has 0 amide bonds. The van der Waals surface area contributed by atoms with E-state index in [1.54, 1.807) is 6.07 Å². The van der Waals surface area contributed by atoms with Gasteiger partial charge < -0.3 is 4.74 Å². The van der Waals surface area contributed by atoms with E-state index < -0.39 is 6.04 Å². The third kappa shape index (κ3) is 3.45. The van der Waals surface area contributed by atoms with Crippen molar-refractivity contribution >= 4 is 5.97 Å². The first-order chi connectivity index (χ1) is 8.47. The molecule has 1 atom stereocenters. The molecule has 0 radical (unpaired) electrons. The number of aromatic nitrogens is 1. The fourth-order valence-electron chi connectivity index (χ4n) is 1.80. The van der Waals surface area contributed by atoms with Crippen LogP contribution in [0, 0.1) is 12.8 Å². The Balaban J connectivity index is 2.96. The molecule has 4 heteroatoms. The second kappa shape index (κ2) is 6.38. The zero-order valence-electron chi connectivity index (χ0n) is 11.5. The lowest BCUT2D eigenvalue weighted by atomic mass is 10.2. The lowest BCUT2D eigenvalue weighted by Gasteiger charge is -2.19. The highest BCUT2D eigenvalue weighted by molar-refractivity contribution is 5.74. The second-order valence-corrected chi connectivity index (χ2v) is 4.82. The molecule has 0 bridgehead atoms. The highest BCUT2D eigenvalue weighted by Gasteiger charge is 2.22. The Morgan fingerprint density at radius 3 is 2.56 bits per heavy atom. The van der Waals surface area contributed by atoms with Crippen LogP contribution < -0.4 is 5.56 Å². The quantitative estimate of drug-likeness (QED) is 0.754. The average molecular weight is 251 g/mol. The fourth-order valence-corrected chi connectivity index (χ4v) is 1.80. The predicted octanol–water partition coefficient (Wildman–Crippen LogP) is 2.31. The summed E-state index contributed by atoms with van der Waals surface area (Å²) in [5.74, 6) is -0.0392. The highest BCUT2D eigenvalue weighted by atomic mass is 16.5. The topological polar surface area (TPSA) is 48.3 Å². The highest BCUT2D eigenvalue weighted by Crippen LogP contribution is 2.14. The van der Waals surface area contributed by atoms with Gasteiger partial charge in [0.25, 0.3) is 5.56 Å². The van der Waals surface area contributed by atoms with Crippen molar-refractivity contribution in [2.45, 2.75) is 40.2 Å². The molecule has 100 valence electrons. The summed E-state index contributed by atoms with van der Waals surface area (Å²) < 4.78 is 6.72. The zero-order chi connectivity index (χ0) is 13.7. The van der Waals surface area contributed by atoms with Crippen molar-refractivity contribution in [2.75, 3.05) is 6.61 Å². The average Bonchev–Trinajstić information content (AvgIpc) is 2.31. The molecule has 0 saturated heterocycles. The summed E-state index contributed by atoms with van der Waals surface area (Å²) in [4.78, 5) is 23.8. The Hall–Kier alpha value is -1.58. The van der Waals surface area contributed by atoms with Crippen LogP contribution >= 0.6 is 0 Å². The van der Waals surface area contributed by atoms with Crippen LogP contribution in [-0.2, 0) is 9.53 Å². The number of nitrogens with zero attached hydrogens (tertiary/aromatic N) is 1. The Morgan fingerprint density at radius 2 is 2.06 bits per heavy atom. The van der Waals surface area contributed by atoms with E-state index in [9.17, 15) is 9.59 Å². The number of hydrogen-bond donors (Lipinski definition) is 0. The lowest BCUT2D eigenvalue weighted by molar-refractivity contribution is -0.149. The van der Waals surface area contributed by atoms with Gasteiger partial charge in [-0.05, 0) is 25.3 Å². The molecule has 0 aliphatic heterocycles. The summed E-state index contributed by atoms with van der Waals surface area (Å²) in [6.45, 7) is 8.04. The molecule has 1 aromatic rings. The summed E-state index contributed by atoms with van der Waals surface area (Å²) in [7, 11) is 0. The molecule has 0 aliphatic rings. The molecule has 1 heterocycles. The van der Waals surface area contributed by atoms with Crippen molar-refractivity contribution in [3.63, 3.8) is 0 Å². The van der Waals surface area contributed by atoms with Crippen molar-refractivity contribution < 1.29 is 9.53 Å². The first-order valence-electron chi connectivity index (χ1n) is 6.32. The van der Waals surface area contributed by atoms with Gasteiger partial charge in [0, 0.05) is 11.8 Å². The minimum atomic E-state index is -0.530. The van der Waals surface area contributed by atoms with E-state index in [4.69, 9.17) is 4.74 Å². The Morgan fingerprint density at radius 1 is 1.39 bits per heavy atom. The van der Waals surface area contributed by atoms with Crippen LogP contribution in [0.3, 0.4) is 0 Å². The number of aryl methyl sites for hydroxylation is 1. The van der Waals surface area contributed by atoms with Crippen LogP contribution in [0.1, 0.15) is 38.9 Å². The summed E-state index contributed by atoms with van der Waals surface area (Å²) >= 11 is 0. The smallest absolute Gasteiger partial charge is 0.329 e. The summed E-state index contributed by atoms with van der Waals surface area (Å²) in [5.41, 5.74) is 0.610. The largest absolute Gasteiger partial charge is 0.464 e. The summed E-state index contributed by atoms with van der Waals surface area (Å²) in [6.07, 6.45) is 0.543. The SMILES string of the molecule is CCC(C(=O)OCC(C)C)n1c(C)cccc1=O. The van der Waals surface area contributed by atoms with E-state index in [2.05, 4.69) is 0 Å². The molecule has 4 nitrogen and oxygen atoms in total. The van der Waals surface area contributed by atoms with E-state index in [1.807, 2.05) is 33.8 Å². The van der Waals surface area contributed by atoms with E-state index in [0.29, 0.717) is 18.9 Å². The second-order valence-electron chi connectivity index (χ2n) is 4.82. The molecule has 1 rings (SSSR count). The van der Waals surface area contributed by atoms with Crippen LogP contribution in [0.4, 0.5) is 0 Å². The minimum Gasteiger partial charge on any atom is -0.464 e. The van der Waals surface area contributed by atoms with Gasteiger partial charge in [-0.25, -0.2) is 4.79 Å². The van der Waals surface area contributed by atoms with Gasteiger partial charge in [-0.3, -0.25) is 9.36 Å². The van der Waals surface area contributed by atoms with Crippen LogP contribution in [0.2, 0.25) is 0 Å². The monoisotopic (exact) mass is 251 g/mol. The van der Waals surface area contributed by atoms with Gasteiger partial charge in [0.2, 0.25) is 0 Å². The van der Waals surface area contributed by atoms with Gasteiger partial charge in [0.05, 0.1) is 6.61 Å². The molecular formula is C14H21NO3. The van der Waals surface area contributed by atoms with Gasteiger partial charge in [0.15, 0.2) is 0 Å². The normalized spacial score (nSPS) is 12.5. The Bertz CT molecular complexity index is 462. The van der Waals surface area contributed by atoms with Crippen molar-refractivity contribution in [3.8, 4) is 0 Å². The van der Waals surface area contributed by atoms with Crippen molar-refractivity contribution in [2.24, 2.45) is 5.92 Å². The molecule has 18 heavy (non-hydrogen) atoms. The number of esters is 1. The Kier molecular flexibility index (Phi) is 5.13. The van der Waals surface area contributed by atoms with Gasteiger partial charge in [0.1, 0.15) is 6.04 Å².